The Balaban J connectivity index is 1.59. The molecule has 5 heteroatoms. The first kappa shape index (κ1) is 19.5. The first-order valence-corrected chi connectivity index (χ1v) is 9.57. The molecule has 5 nitrogen and oxygen atoms in total. The van der Waals surface area contributed by atoms with E-state index in [0.717, 1.165) is 45.2 Å². The summed E-state index contributed by atoms with van der Waals surface area (Å²) in [6, 6.07) is 0. The third-order valence-electron chi connectivity index (χ3n) is 5.12. The maximum absolute atomic E-state index is 12.1. The van der Waals surface area contributed by atoms with E-state index in [2.05, 4.69) is 11.9 Å². The molecule has 2 rings (SSSR count). The molecule has 0 aromatic carbocycles. The molecule has 0 unspecified atom stereocenters. The average molecular weight is 341 g/mol. The van der Waals surface area contributed by atoms with Crippen LogP contribution in [0.25, 0.3) is 0 Å². The Labute approximate surface area is 147 Å². The molecule has 0 bridgehead atoms. The highest BCUT2D eigenvalue weighted by molar-refractivity contribution is 5.68. The highest BCUT2D eigenvalue weighted by atomic mass is 16.6. The number of carbonyl (C=O) groups excluding carboxylic acids is 1. The molecule has 2 aliphatic rings. The van der Waals surface area contributed by atoms with Gasteiger partial charge in [0.1, 0.15) is 5.60 Å². The quantitative estimate of drug-likeness (QED) is 0.743. The van der Waals surface area contributed by atoms with Crippen LogP contribution in [0.1, 0.15) is 52.9 Å². The van der Waals surface area contributed by atoms with Crippen molar-refractivity contribution in [3.05, 3.63) is 0 Å². The predicted molar refractivity (Wildman–Crippen MR) is 96.2 cm³/mol. The molecular weight excluding hydrogens is 304 g/mol. The zero-order valence-electron chi connectivity index (χ0n) is 16.1. The lowest BCUT2D eigenvalue weighted by Crippen LogP contribution is -2.35. The molecule has 2 fully saturated rings. The van der Waals surface area contributed by atoms with Gasteiger partial charge in [0.05, 0.1) is 0 Å². The maximum Gasteiger partial charge on any atom is 0.410 e. The van der Waals surface area contributed by atoms with Gasteiger partial charge in [-0.15, -0.1) is 0 Å². The van der Waals surface area contributed by atoms with E-state index in [1.54, 1.807) is 0 Å². The number of hydrogen-bond donors (Lipinski definition) is 0. The van der Waals surface area contributed by atoms with Crippen LogP contribution in [-0.2, 0) is 9.47 Å². The summed E-state index contributed by atoms with van der Waals surface area (Å²) in [6.45, 7) is 11.6. The van der Waals surface area contributed by atoms with E-state index in [0.29, 0.717) is 5.92 Å². The molecule has 0 aromatic heterocycles. The first-order valence-electron chi connectivity index (χ1n) is 9.57. The minimum absolute atomic E-state index is 0.155. The Kier molecular flexibility index (Phi) is 7.35. The molecule has 0 N–H and O–H groups in total. The summed E-state index contributed by atoms with van der Waals surface area (Å²) in [6.07, 6.45) is 5.85. The zero-order valence-corrected chi connectivity index (χ0v) is 16.1. The fourth-order valence-electron chi connectivity index (χ4n) is 3.51. The van der Waals surface area contributed by atoms with E-state index < -0.39 is 5.60 Å². The number of likely N-dealkylation sites (tertiary alicyclic amines) is 1. The van der Waals surface area contributed by atoms with Crippen molar-refractivity contribution in [1.82, 2.24) is 9.80 Å². The second kappa shape index (κ2) is 9.04. The van der Waals surface area contributed by atoms with Crippen LogP contribution < -0.4 is 0 Å². The Bertz CT molecular complexity index is 389. The summed E-state index contributed by atoms with van der Waals surface area (Å²) in [5.74, 6) is 1.46. The van der Waals surface area contributed by atoms with Crippen molar-refractivity contribution in [2.24, 2.45) is 11.8 Å². The molecule has 2 aliphatic heterocycles. The largest absolute Gasteiger partial charge is 0.444 e. The summed E-state index contributed by atoms with van der Waals surface area (Å²) >= 11 is 0. The van der Waals surface area contributed by atoms with Crippen LogP contribution in [0.4, 0.5) is 4.79 Å². The number of ether oxygens (including phenoxy) is 2. The Morgan fingerprint density at radius 3 is 2.38 bits per heavy atom. The van der Waals surface area contributed by atoms with Crippen LogP contribution in [0, 0.1) is 11.8 Å². The van der Waals surface area contributed by atoms with E-state index >= 15 is 0 Å². The second-order valence-electron chi connectivity index (χ2n) is 8.52. The molecular formula is C19H36N2O3. The second-order valence-corrected chi connectivity index (χ2v) is 8.52. The van der Waals surface area contributed by atoms with Gasteiger partial charge in [0.15, 0.2) is 0 Å². The number of nitrogens with zero attached hydrogens (tertiary/aromatic N) is 2. The Morgan fingerprint density at radius 1 is 1.12 bits per heavy atom. The highest BCUT2D eigenvalue weighted by Crippen LogP contribution is 2.23. The monoisotopic (exact) mass is 340 g/mol. The van der Waals surface area contributed by atoms with Crippen molar-refractivity contribution in [1.29, 1.82) is 0 Å². The van der Waals surface area contributed by atoms with Crippen molar-refractivity contribution < 1.29 is 14.3 Å². The molecule has 0 saturated carbocycles. The van der Waals surface area contributed by atoms with Gasteiger partial charge in [-0.3, -0.25) is 0 Å². The molecule has 0 spiro atoms. The SMILES string of the molecule is CN(CCC1CCOCC1)CC[C@H]1CCN(C(=O)OC(C)(C)C)C1. The highest BCUT2D eigenvalue weighted by Gasteiger charge is 2.29. The minimum atomic E-state index is -0.403. The molecule has 0 radical (unpaired) electrons. The van der Waals surface area contributed by atoms with Crippen molar-refractivity contribution >= 4 is 6.09 Å². The standard InChI is InChI=1S/C19H36N2O3/c1-19(2,3)24-18(22)21-12-7-17(15-21)6-11-20(4)10-5-16-8-13-23-14-9-16/h16-17H,5-15H2,1-4H3/t17-/m0/s1. The number of hydrogen-bond acceptors (Lipinski definition) is 4. The van der Waals surface area contributed by atoms with Crippen molar-refractivity contribution in [2.75, 3.05) is 46.4 Å². The summed E-state index contributed by atoms with van der Waals surface area (Å²) in [4.78, 5) is 16.4. The van der Waals surface area contributed by atoms with Crippen molar-refractivity contribution in [2.45, 2.75) is 58.5 Å². The molecule has 24 heavy (non-hydrogen) atoms. The van der Waals surface area contributed by atoms with Gasteiger partial charge in [0.25, 0.3) is 0 Å². The molecule has 0 aliphatic carbocycles. The Morgan fingerprint density at radius 2 is 1.75 bits per heavy atom. The van der Waals surface area contributed by atoms with Gasteiger partial charge in [0.2, 0.25) is 0 Å². The normalized spacial score (nSPS) is 23.0. The van der Waals surface area contributed by atoms with Gasteiger partial charge in [-0.05, 0) is 84.8 Å². The summed E-state index contributed by atoms with van der Waals surface area (Å²) in [5.41, 5.74) is -0.403. The van der Waals surface area contributed by atoms with Gasteiger partial charge in [-0.2, -0.15) is 0 Å². The van der Waals surface area contributed by atoms with Crippen LogP contribution in [0.2, 0.25) is 0 Å². The minimum Gasteiger partial charge on any atom is -0.444 e. The number of rotatable bonds is 6. The van der Waals surface area contributed by atoms with Crippen molar-refractivity contribution in [3.63, 3.8) is 0 Å². The maximum atomic E-state index is 12.1. The summed E-state index contributed by atoms with van der Waals surface area (Å²) in [7, 11) is 2.22. The van der Waals surface area contributed by atoms with E-state index in [-0.39, 0.29) is 6.09 Å². The smallest absolute Gasteiger partial charge is 0.410 e. The van der Waals surface area contributed by atoms with Gasteiger partial charge in [-0.1, -0.05) is 0 Å². The molecule has 2 heterocycles. The van der Waals surface area contributed by atoms with E-state index in [1.165, 1.54) is 32.2 Å². The van der Waals surface area contributed by atoms with Crippen molar-refractivity contribution in [3.8, 4) is 0 Å². The van der Waals surface area contributed by atoms with Crippen LogP contribution >= 0.6 is 0 Å². The lowest BCUT2D eigenvalue weighted by Gasteiger charge is -2.26. The lowest BCUT2D eigenvalue weighted by atomic mass is 9.96. The van der Waals surface area contributed by atoms with E-state index in [1.807, 2.05) is 25.7 Å². The molecule has 1 amide bonds. The molecule has 0 aromatic rings. The summed E-state index contributed by atoms with van der Waals surface area (Å²) < 4.78 is 10.9. The predicted octanol–water partition coefficient (Wildman–Crippen LogP) is 3.38. The molecule has 140 valence electrons. The third kappa shape index (κ3) is 6.98. The Hall–Kier alpha value is -0.810. The third-order valence-corrected chi connectivity index (χ3v) is 5.12. The molecule has 1 atom stereocenters. The van der Waals surface area contributed by atoms with Gasteiger partial charge >= 0.3 is 6.09 Å². The van der Waals surface area contributed by atoms with Crippen LogP contribution in [0.3, 0.4) is 0 Å². The van der Waals surface area contributed by atoms with Gasteiger partial charge in [0, 0.05) is 26.3 Å². The van der Waals surface area contributed by atoms with Gasteiger partial charge < -0.3 is 19.3 Å². The number of amides is 1. The lowest BCUT2D eigenvalue weighted by molar-refractivity contribution is 0.0287. The molecule has 2 saturated heterocycles. The number of carbonyl (C=O) groups is 1. The van der Waals surface area contributed by atoms with Gasteiger partial charge in [-0.25, -0.2) is 4.79 Å². The van der Waals surface area contributed by atoms with Crippen LogP contribution in [-0.4, -0.2) is 67.9 Å². The fraction of sp³-hybridized carbons (Fsp3) is 0.947. The van der Waals surface area contributed by atoms with Crippen LogP contribution in [0.5, 0.6) is 0 Å². The topological polar surface area (TPSA) is 42.0 Å². The first-order chi connectivity index (χ1) is 11.3. The summed E-state index contributed by atoms with van der Waals surface area (Å²) in [5, 5.41) is 0. The van der Waals surface area contributed by atoms with Crippen LogP contribution in [0.15, 0.2) is 0 Å². The fourth-order valence-corrected chi connectivity index (χ4v) is 3.51. The zero-order chi connectivity index (χ0) is 17.6. The average Bonchev–Trinajstić information content (AvgIpc) is 2.99. The van der Waals surface area contributed by atoms with E-state index in [9.17, 15) is 4.79 Å². The van der Waals surface area contributed by atoms with E-state index in [4.69, 9.17) is 9.47 Å².